The summed E-state index contributed by atoms with van der Waals surface area (Å²) in [6.45, 7) is 1.39. The minimum absolute atomic E-state index is 0.0503. The average molecular weight is 250 g/mol. The van der Waals surface area contributed by atoms with Gasteiger partial charge in [-0.3, -0.25) is 0 Å². The maximum absolute atomic E-state index is 11.8. The molecule has 1 saturated heterocycles. The summed E-state index contributed by atoms with van der Waals surface area (Å²) >= 11 is 0. The van der Waals surface area contributed by atoms with Gasteiger partial charge in [-0.05, 0) is 18.6 Å². The normalized spacial score (nSPS) is 21.2. The molecule has 1 unspecified atom stereocenters. The fourth-order valence-electron chi connectivity index (χ4n) is 2.06. The number of benzene rings is 1. The highest BCUT2D eigenvalue weighted by molar-refractivity contribution is 5.71. The van der Waals surface area contributed by atoms with Gasteiger partial charge in [0.15, 0.2) is 11.5 Å². The summed E-state index contributed by atoms with van der Waals surface area (Å²) in [5.74, 6) is 1.71. The highest BCUT2D eigenvalue weighted by Gasteiger charge is 2.25. The van der Waals surface area contributed by atoms with Gasteiger partial charge in [0, 0.05) is 25.2 Å². The summed E-state index contributed by atoms with van der Waals surface area (Å²) < 4.78 is 15.7. The van der Waals surface area contributed by atoms with E-state index in [0.717, 1.165) is 6.42 Å². The van der Waals surface area contributed by atoms with Crippen molar-refractivity contribution in [3.05, 3.63) is 18.2 Å². The molecule has 2 N–H and O–H groups in total. The number of ether oxygens (including phenoxy) is 3. The zero-order valence-corrected chi connectivity index (χ0v) is 9.80. The van der Waals surface area contributed by atoms with Crippen LogP contribution in [0, 0.1) is 0 Å². The molecular weight excluding hydrogens is 236 g/mol. The monoisotopic (exact) mass is 250 g/mol. The van der Waals surface area contributed by atoms with Gasteiger partial charge in [-0.15, -0.1) is 0 Å². The van der Waals surface area contributed by atoms with Crippen molar-refractivity contribution in [3.8, 4) is 17.2 Å². The van der Waals surface area contributed by atoms with Gasteiger partial charge in [0.05, 0.1) is 0 Å². The Hall–Kier alpha value is -1.95. The minimum Gasteiger partial charge on any atom is -0.454 e. The van der Waals surface area contributed by atoms with Crippen molar-refractivity contribution in [2.75, 3.05) is 19.9 Å². The smallest absolute Gasteiger partial charge is 0.415 e. The van der Waals surface area contributed by atoms with Gasteiger partial charge in [-0.2, -0.15) is 0 Å². The second-order valence-electron chi connectivity index (χ2n) is 4.38. The van der Waals surface area contributed by atoms with Gasteiger partial charge < -0.3 is 24.8 Å². The Morgan fingerprint density at radius 1 is 1.39 bits per heavy atom. The molecular formula is C12H14N2O4. The van der Waals surface area contributed by atoms with Crippen LogP contribution in [0.3, 0.4) is 0 Å². The van der Waals surface area contributed by atoms with Crippen molar-refractivity contribution in [2.45, 2.75) is 12.5 Å². The molecule has 0 saturated carbocycles. The second-order valence-corrected chi connectivity index (χ2v) is 4.38. The van der Waals surface area contributed by atoms with Gasteiger partial charge in [-0.1, -0.05) is 0 Å². The molecule has 0 spiro atoms. The largest absolute Gasteiger partial charge is 0.454 e. The molecule has 2 heterocycles. The zero-order valence-electron chi connectivity index (χ0n) is 9.80. The van der Waals surface area contributed by atoms with Crippen molar-refractivity contribution in [3.63, 3.8) is 0 Å². The molecule has 0 bridgehead atoms. The maximum Gasteiger partial charge on any atom is 0.415 e. The lowest BCUT2D eigenvalue weighted by molar-refractivity contribution is 0.162. The fourth-order valence-corrected chi connectivity index (χ4v) is 2.06. The zero-order chi connectivity index (χ0) is 12.5. The number of hydrogen-bond acceptors (Lipinski definition) is 5. The van der Waals surface area contributed by atoms with E-state index in [1.54, 1.807) is 23.1 Å². The molecule has 18 heavy (non-hydrogen) atoms. The molecule has 6 heteroatoms. The number of carbonyl (C=O) groups is 1. The number of likely N-dealkylation sites (tertiary alicyclic amines) is 1. The van der Waals surface area contributed by atoms with Gasteiger partial charge in [0.1, 0.15) is 5.75 Å². The number of hydrogen-bond donors (Lipinski definition) is 1. The fraction of sp³-hybridized carbons (Fsp3) is 0.417. The highest BCUT2D eigenvalue weighted by atomic mass is 16.7. The molecule has 3 rings (SSSR count). The third-order valence-corrected chi connectivity index (χ3v) is 3.03. The Kier molecular flexibility index (Phi) is 2.71. The molecule has 1 aromatic carbocycles. The van der Waals surface area contributed by atoms with E-state index < -0.39 is 0 Å². The molecule has 0 aliphatic carbocycles. The van der Waals surface area contributed by atoms with Crippen molar-refractivity contribution in [1.82, 2.24) is 4.90 Å². The molecule has 2 aliphatic heterocycles. The first kappa shape index (κ1) is 11.2. The molecule has 1 atom stereocenters. The first-order chi connectivity index (χ1) is 8.72. The molecule has 1 aromatic rings. The first-order valence-electron chi connectivity index (χ1n) is 5.84. The predicted molar refractivity (Wildman–Crippen MR) is 62.8 cm³/mol. The number of carbonyl (C=O) groups excluding carboxylic acids is 1. The molecule has 0 radical (unpaired) electrons. The van der Waals surface area contributed by atoms with Crippen LogP contribution in [0.2, 0.25) is 0 Å². The Labute approximate surface area is 104 Å². The lowest BCUT2D eigenvalue weighted by Gasteiger charge is -2.15. The topological polar surface area (TPSA) is 74.0 Å². The quantitative estimate of drug-likeness (QED) is 0.803. The van der Waals surface area contributed by atoms with Gasteiger partial charge in [0.25, 0.3) is 0 Å². The van der Waals surface area contributed by atoms with E-state index in [1.807, 2.05) is 0 Å². The van der Waals surface area contributed by atoms with E-state index >= 15 is 0 Å². The number of rotatable bonds is 1. The second kappa shape index (κ2) is 4.38. The molecule has 96 valence electrons. The predicted octanol–water partition coefficient (Wildman–Crippen LogP) is 0.947. The van der Waals surface area contributed by atoms with Crippen molar-refractivity contribution < 1.29 is 19.0 Å². The van der Waals surface area contributed by atoms with E-state index in [4.69, 9.17) is 19.9 Å². The summed E-state index contributed by atoms with van der Waals surface area (Å²) in [7, 11) is 0. The van der Waals surface area contributed by atoms with Crippen LogP contribution in [0.5, 0.6) is 17.2 Å². The number of nitrogens with zero attached hydrogens (tertiary/aromatic N) is 1. The van der Waals surface area contributed by atoms with Crippen LogP contribution in [0.15, 0.2) is 18.2 Å². The third-order valence-electron chi connectivity index (χ3n) is 3.03. The molecule has 6 nitrogen and oxygen atoms in total. The van der Waals surface area contributed by atoms with Crippen LogP contribution in [0.4, 0.5) is 4.79 Å². The minimum atomic E-state index is -0.373. The van der Waals surface area contributed by atoms with E-state index in [0.29, 0.717) is 30.3 Å². The summed E-state index contributed by atoms with van der Waals surface area (Å²) in [6.07, 6.45) is 0.442. The lowest BCUT2D eigenvalue weighted by atomic mass is 10.3. The van der Waals surface area contributed by atoms with Crippen LogP contribution >= 0.6 is 0 Å². The standard InChI is InChI=1S/C12H14N2O4/c13-8-3-4-14(6-8)12(15)18-9-1-2-10-11(5-9)17-7-16-10/h1-2,5,8H,3-4,6-7,13H2. The average Bonchev–Trinajstić information content (AvgIpc) is 2.96. The molecule has 1 amide bonds. The van der Waals surface area contributed by atoms with Crippen LogP contribution in [0.1, 0.15) is 6.42 Å². The van der Waals surface area contributed by atoms with Crippen LogP contribution in [-0.2, 0) is 0 Å². The summed E-state index contributed by atoms with van der Waals surface area (Å²) in [4.78, 5) is 13.4. The van der Waals surface area contributed by atoms with Crippen LogP contribution in [-0.4, -0.2) is 36.9 Å². The van der Waals surface area contributed by atoms with Crippen molar-refractivity contribution in [2.24, 2.45) is 5.73 Å². The number of amides is 1. The Balaban J connectivity index is 1.67. The van der Waals surface area contributed by atoms with Gasteiger partial charge in [-0.25, -0.2) is 4.79 Å². The molecule has 0 aromatic heterocycles. The summed E-state index contributed by atoms with van der Waals surface area (Å²) in [5.41, 5.74) is 5.74. The van der Waals surface area contributed by atoms with Crippen LogP contribution in [0.25, 0.3) is 0 Å². The first-order valence-corrected chi connectivity index (χ1v) is 5.84. The maximum atomic E-state index is 11.8. The molecule has 2 aliphatic rings. The van der Waals surface area contributed by atoms with E-state index in [-0.39, 0.29) is 18.9 Å². The van der Waals surface area contributed by atoms with Gasteiger partial charge in [0.2, 0.25) is 6.79 Å². The number of nitrogens with two attached hydrogens (primary N) is 1. The third kappa shape index (κ3) is 2.06. The van der Waals surface area contributed by atoms with Crippen molar-refractivity contribution >= 4 is 6.09 Å². The SMILES string of the molecule is NC1CCN(C(=O)Oc2ccc3c(c2)OCO3)C1. The van der Waals surface area contributed by atoms with E-state index in [2.05, 4.69) is 0 Å². The van der Waals surface area contributed by atoms with Crippen LogP contribution < -0.4 is 19.9 Å². The van der Waals surface area contributed by atoms with Gasteiger partial charge >= 0.3 is 6.09 Å². The number of fused-ring (bicyclic) bond motifs is 1. The van der Waals surface area contributed by atoms with E-state index in [1.165, 1.54) is 0 Å². The Morgan fingerprint density at radius 3 is 3.00 bits per heavy atom. The molecule has 1 fully saturated rings. The van der Waals surface area contributed by atoms with Crippen molar-refractivity contribution in [1.29, 1.82) is 0 Å². The summed E-state index contributed by atoms with van der Waals surface area (Å²) in [5, 5.41) is 0. The summed E-state index contributed by atoms with van der Waals surface area (Å²) in [6, 6.07) is 5.10. The Morgan fingerprint density at radius 2 is 2.22 bits per heavy atom. The highest BCUT2D eigenvalue weighted by Crippen LogP contribution is 2.35. The van der Waals surface area contributed by atoms with E-state index in [9.17, 15) is 4.79 Å². The lowest BCUT2D eigenvalue weighted by Crippen LogP contribution is -2.33. The Bertz CT molecular complexity index is 477.